The van der Waals surface area contributed by atoms with E-state index >= 15 is 0 Å². The molecule has 0 saturated carbocycles. The van der Waals surface area contributed by atoms with Crippen LogP contribution in [0.1, 0.15) is 17.5 Å². The summed E-state index contributed by atoms with van der Waals surface area (Å²) in [6.07, 6.45) is 1.58. The molecule has 2 aromatic carbocycles. The highest BCUT2D eigenvalue weighted by Gasteiger charge is 2.15. The number of carbonyl (C=O) groups is 1. The molecule has 142 valence electrons. The number of esters is 1. The number of carbonyl (C=O) groups excluding carboxylic acids is 1. The fourth-order valence-electron chi connectivity index (χ4n) is 2.60. The Morgan fingerprint density at radius 2 is 1.33 bits per heavy atom. The number of methoxy groups -OCH3 is 3. The lowest BCUT2D eigenvalue weighted by Crippen LogP contribution is -2.06. The Morgan fingerprint density at radius 3 is 1.70 bits per heavy atom. The van der Waals surface area contributed by atoms with Crippen molar-refractivity contribution in [2.24, 2.45) is 5.16 Å². The number of hydrogen-bond acceptors (Lipinski definition) is 6. The van der Waals surface area contributed by atoms with E-state index in [1.807, 2.05) is 48.5 Å². The van der Waals surface area contributed by atoms with Crippen molar-refractivity contribution >= 4 is 17.8 Å². The molecule has 0 heterocycles. The van der Waals surface area contributed by atoms with Gasteiger partial charge in [-0.05, 0) is 46.5 Å². The number of nitrogens with zero attached hydrogens (tertiary/aromatic N) is 1. The first-order valence-electron chi connectivity index (χ1n) is 8.28. The summed E-state index contributed by atoms with van der Waals surface area (Å²) in [6.45, 7) is 0. The number of ether oxygens (including phenoxy) is 3. The topological polar surface area (TPSA) is 66.4 Å². The predicted octanol–water partition coefficient (Wildman–Crippen LogP) is 3.70. The third kappa shape index (κ3) is 5.34. The van der Waals surface area contributed by atoms with Crippen molar-refractivity contribution in [2.45, 2.75) is 6.42 Å². The lowest BCUT2D eigenvalue weighted by molar-refractivity contribution is -0.139. The van der Waals surface area contributed by atoms with E-state index in [9.17, 15) is 4.79 Å². The molecule has 0 amide bonds. The van der Waals surface area contributed by atoms with Crippen molar-refractivity contribution in [3.63, 3.8) is 0 Å². The van der Waals surface area contributed by atoms with Crippen LogP contribution >= 0.6 is 0 Å². The highest BCUT2D eigenvalue weighted by molar-refractivity contribution is 6.00. The van der Waals surface area contributed by atoms with Gasteiger partial charge in [0.05, 0.1) is 34.0 Å². The van der Waals surface area contributed by atoms with E-state index in [-0.39, 0.29) is 12.4 Å². The zero-order valence-electron chi connectivity index (χ0n) is 15.9. The number of oxime groups is 1. The maximum absolute atomic E-state index is 12.0. The lowest BCUT2D eigenvalue weighted by Gasteiger charge is -2.14. The van der Waals surface area contributed by atoms with Gasteiger partial charge in [0.15, 0.2) is 0 Å². The van der Waals surface area contributed by atoms with E-state index in [0.717, 1.165) is 28.2 Å². The summed E-state index contributed by atoms with van der Waals surface area (Å²) in [5, 5.41) is 3.86. The Kier molecular flexibility index (Phi) is 7.43. The van der Waals surface area contributed by atoms with Crippen molar-refractivity contribution in [2.75, 3.05) is 28.4 Å². The molecule has 0 aliphatic carbocycles. The standard InChI is InChI=1S/C21H23NO5/c1-24-18-9-5-15(6-10-18)21(16-7-11-19(25-2)12-8-16)17(14-22-27-4)13-20(23)26-3/h5-12,14H,13H2,1-4H3. The first-order valence-corrected chi connectivity index (χ1v) is 8.28. The fraction of sp³-hybridized carbons (Fsp3) is 0.238. The van der Waals surface area contributed by atoms with Gasteiger partial charge < -0.3 is 19.0 Å². The molecular weight excluding hydrogens is 346 g/mol. The summed E-state index contributed by atoms with van der Waals surface area (Å²) in [6, 6.07) is 15.2. The molecule has 6 heteroatoms. The van der Waals surface area contributed by atoms with Gasteiger partial charge >= 0.3 is 5.97 Å². The van der Waals surface area contributed by atoms with Crippen LogP contribution in [0.25, 0.3) is 5.57 Å². The average Bonchev–Trinajstić information content (AvgIpc) is 2.72. The first kappa shape index (κ1) is 20.0. The zero-order valence-corrected chi connectivity index (χ0v) is 15.9. The number of benzene rings is 2. The van der Waals surface area contributed by atoms with Crippen molar-refractivity contribution in [1.82, 2.24) is 0 Å². The molecule has 0 spiro atoms. The minimum Gasteiger partial charge on any atom is -0.497 e. The van der Waals surface area contributed by atoms with E-state index in [0.29, 0.717) is 5.57 Å². The molecule has 2 aromatic rings. The molecule has 0 radical (unpaired) electrons. The van der Waals surface area contributed by atoms with E-state index in [4.69, 9.17) is 19.0 Å². The van der Waals surface area contributed by atoms with Crippen LogP contribution in [0.2, 0.25) is 0 Å². The third-order valence-corrected chi connectivity index (χ3v) is 3.95. The molecule has 0 unspecified atom stereocenters. The lowest BCUT2D eigenvalue weighted by atomic mass is 9.92. The van der Waals surface area contributed by atoms with Crippen molar-refractivity contribution in [1.29, 1.82) is 0 Å². The van der Waals surface area contributed by atoms with Crippen LogP contribution in [0.15, 0.2) is 59.3 Å². The number of rotatable bonds is 8. The van der Waals surface area contributed by atoms with Crippen molar-refractivity contribution in [3.8, 4) is 11.5 Å². The van der Waals surface area contributed by atoms with E-state index < -0.39 is 0 Å². The fourth-order valence-corrected chi connectivity index (χ4v) is 2.60. The van der Waals surface area contributed by atoms with Crippen molar-refractivity contribution in [3.05, 3.63) is 65.2 Å². The van der Waals surface area contributed by atoms with Gasteiger partial charge in [0, 0.05) is 0 Å². The minimum atomic E-state index is -0.368. The molecule has 27 heavy (non-hydrogen) atoms. The van der Waals surface area contributed by atoms with Gasteiger partial charge in [0.25, 0.3) is 0 Å². The monoisotopic (exact) mass is 369 g/mol. The highest BCUT2D eigenvalue weighted by Crippen LogP contribution is 2.30. The van der Waals surface area contributed by atoms with Gasteiger partial charge in [-0.15, -0.1) is 0 Å². The summed E-state index contributed by atoms with van der Waals surface area (Å²) in [5.74, 6) is 1.12. The average molecular weight is 369 g/mol. The minimum absolute atomic E-state index is 0.0523. The summed E-state index contributed by atoms with van der Waals surface area (Å²) >= 11 is 0. The molecule has 0 N–H and O–H groups in total. The zero-order chi connectivity index (χ0) is 19.6. The predicted molar refractivity (Wildman–Crippen MR) is 104 cm³/mol. The normalized spacial score (nSPS) is 10.4. The molecule has 0 saturated heterocycles. The second-order valence-corrected chi connectivity index (χ2v) is 5.53. The molecule has 0 aromatic heterocycles. The van der Waals surface area contributed by atoms with E-state index in [1.54, 1.807) is 14.2 Å². The van der Waals surface area contributed by atoms with Gasteiger partial charge in [0.1, 0.15) is 18.6 Å². The smallest absolute Gasteiger partial charge is 0.310 e. The third-order valence-electron chi connectivity index (χ3n) is 3.95. The van der Waals surface area contributed by atoms with Crippen LogP contribution in [0.5, 0.6) is 11.5 Å². The summed E-state index contributed by atoms with van der Waals surface area (Å²) in [5.41, 5.74) is 3.32. The Balaban J connectivity index is 2.65. The molecule has 6 nitrogen and oxygen atoms in total. The molecule has 0 aliphatic rings. The Hall–Kier alpha value is -3.28. The largest absolute Gasteiger partial charge is 0.497 e. The maximum Gasteiger partial charge on any atom is 0.310 e. The van der Waals surface area contributed by atoms with Gasteiger partial charge in [-0.1, -0.05) is 29.4 Å². The molecule has 0 bridgehead atoms. The van der Waals surface area contributed by atoms with Gasteiger partial charge in [-0.3, -0.25) is 4.79 Å². The van der Waals surface area contributed by atoms with Gasteiger partial charge in [-0.25, -0.2) is 0 Å². The van der Waals surface area contributed by atoms with Crippen LogP contribution in [-0.2, 0) is 14.4 Å². The van der Waals surface area contributed by atoms with Crippen LogP contribution < -0.4 is 9.47 Å². The second-order valence-electron chi connectivity index (χ2n) is 5.53. The summed E-state index contributed by atoms with van der Waals surface area (Å²) in [7, 11) is 6.03. The second kappa shape index (κ2) is 10.0. The van der Waals surface area contributed by atoms with E-state index in [1.165, 1.54) is 20.4 Å². The Bertz CT molecular complexity index is 758. The van der Waals surface area contributed by atoms with Crippen LogP contribution in [0.3, 0.4) is 0 Å². The Morgan fingerprint density at radius 1 is 0.852 bits per heavy atom. The molecule has 2 rings (SSSR count). The molecule has 0 fully saturated rings. The SMILES string of the molecule is CON=CC(CC(=O)OC)=C(c1ccc(OC)cc1)c1ccc(OC)cc1. The summed E-state index contributed by atoms with van der Waals surface area (Å²) in [4.78, 5) is 16.8. The van der Waals surface area contributed by atoms with Gasteiger partial charge in [-0.2, -0.15) is 0 Å². The molecule has 0 aliphatic heterocycles. The van der Waals surface area contributed by atoms with Crippen LogP contribution in [0, 0.1) is 0 Å². The first-order chi connectivity index (χ1) is 13.1. The van der Waals surface area contributed by atoms with Crippen molar-refractivity contribution < 1.29 is 23.8 Å². The van der Waals surface area contributed by atoms with E-state index in [2.05, 4.69) is 5.16 Å². The maximum atomic E-state index is 12.0. The summed E-state index contributed by atoms with van der Waals surface area (Å²) < 4.78 is 15.3. The highest BCUT2D eigenvalue weighted by atomic mass is 16.6. The van der Waals surface area contributed by atoms with Crippen LogP contribution in [0.4, 0.5) is 0 Å². The Labute approximate surface area is 159 Å². The number of hydrogen-bond donors (Lipinski definition) is 0. The quantitative estimate of drug-likeness (QED) is 0.403. The molecular formula is C21H23NO5. The van der Waals surface area contributed by atoms with Crippen LogP contribution in [-0.4, -0.2) is 40.6 Å². The van der Waals surface area contributed by atoms with Gasteiger partial charge in [0.2, 0.25) is 0 Å². The molecule has 0 atom stereocenters.